The molecule has 5 rings (SSSR count). The minimum absolute atomic E-state index is 0.120. The number of pyridine rings is 1. The van der Waals surface area contributed by atoms with E-state index in [9.17, 15) is 4.79 Å². The van der Waals surface area contributed by atoms with E-state index >= 15 is 0 Å². The number of ether oxygens (including phenoxy) is 3. The van der Waals surface area contributed by atoms with Crippen LogP contribution in [0.4, 0.5) is 0 Å². The number of nitrogens with two attached hydrogens (primary N) is 1. The first-order valence-electron chi connectivity index (χ1n) is 11.4. The fourth-order valence-electron chi connectivity index (χ4n) is 4.25. The number of fused-ring (bicyclic) bond motifs is 2. The molecule has 2 aromatic carbocycles. The smallest absolute Gasteiger partial charge is 0.251 e. The molecule has 2 atom stereocenters. The van der Waals surface area contributed by atoms with Gasteiger partial charge in [-0.05, 0) is 73.0 Å². The fraction of sp³-hybridized carbons (Fsp3) is 0.333. The monoisotopic (exact) mass is 459 g/mol. The van der Waals surface area contributed by atoms with Crippen molar-refractivity contribution in [1.82, 2.24) is 10.3 Å². The summed E-state index contributed by atoms with van der Waals surface area (Å²) < 4.78 is 18.3. The lowest BCUT2D eigenvalue weighted by Crippen LogP contribution is -2.50. The summed E-state index contributed by atoms with van der Waals surface area (Å²) in [5, 5.41) is 6.10. The zero-order valence-corrected chi connectivity index (χ0v) is 19.6. The van der Waals surface area contributed by atoms with Gasteiger partial charge in [-0.2, -0.15) is 0 Å². The quantitative estimate of drug-likeness (QED) is 0.563. The second-order valence-electron chi connectivity index (χ2n) is 9.27. The van der Waals surface area contributed by atoms with Gasteiger partial charge in [0.25, 0.3) is 5.91 Å². The topological polar surface area (TPSA) is 95.7 Å². The first-order chi connectivity index (χ1) is 16.3. The number of carbonyl (C=O) groups is 1. The molecule has 0 bridgehead atoms. The maximum atomic E-state index is 12.2. The van der Waals surface area contributed by atoms with E-state index < -0.39 is 5.60 Å². The summed E-state index contributed by atoms with van der Waals surface area (Å²) in [7, 11) is 3.30. The van der Waals surface area contributed by atoms with Crippen molar-refractivity contribution in [3.63, 3.8) is 0 Å². The van der Waals surface area contributed by atoms with Gasteiger partial charge in [0.05, 0.1) is 12.0 Å². The molecule has 1 amide bonds. The molecular weight excluding hydrogens is 430 g/mol. The lowest BCUT2D eigenvalue weighted by molar-refractivity contribution is -0.0587. The molecule has 7 nitrogen and oxygen atoms in total. The number of aromatic nitrogens is 1. The van der Waals surface area contributed by atoms with Crippen LogP contribution in [0.2, 0.25) is 0 Å². The van der Waals surface area contributed by atoms with E-state index in [1.54, 1.807) is 20.4 Å². The van der Waals surface area contributed by atoms with Crippen LogP contribution in [0.3, 0.4) is 0 Å². The Kier molecular flexibility index (Phi) is 5.64. The van der Waals surface area contributed by atoms with Crippen molar-refractivity contribution >= 4 is 28.8 Å². The van der Waals surface area contributed by atoms with Gasteiger partial charge in [-0.1, -0.05) is 12.1 Å². The fourth-order valence-corrected chi connectivity index (χ4v) is 4.25. The number of hydrogen-bond acceptors (Lipinski definition) is 6. The highest BCUT2D eigenvalue weighted by atomic mass is 16.5. The van der Waals surface area contributed by atoms with E-state index in [-0.39, 0.29) is 17.6 Å². The molecule has 1 heterocycles. The summed E-state index contributed by atoms with van der Waals surface area (Å²) in [5.74, 6) is 1.22. The van der Waals surface area contributed by atoms with Crippen LogP contribution in [-0.4, -0.2) is 48.9 Å². The average molecular weight is 460 g/mol. The van der Waals surface area contributed by atoms with E-state index in [4.69, 9.17) is 19.9 Å². The Bertz CT molecular complexity index is 1380. The van der Waals surface area contributed by atoms with Crippen molar-refractivity contribution in [3.8, 4) is 11.5 Å². The molecule has 2 aliphatic rings. The van der Waals surface area contributed by atoms with Crippen LogP contribution in [0.25, 0.3) is 22.9 Å². The Morgan fingerprint density at radius 3 is 2.79 bits per heavy atom. The Labute approximate surface area is 198 Å². The van der Waals surface area contributed by atoms with Crippen molar-refractivity contribution in [1.29, 1.82) is 0 Å². The third-order valence-corrected chi connectivity index (χ3v) is 6.72. The molecule has 2 unspecified atom stereocenters. The maximum absolute atomic E-state index is 12.2. The number of hydrogen-bond donors (Lipinski definition) is 2. The van der Waals surface area contributed by atoms with Crippen LogP contribution in [0.5, 0.6) is 11.5 Å². The van der Waals surface area contributed by atoms with E-state index in [0.29, 0.717) is 23.7 Å². The highest BCUT2D eigenvalue weighted by Crippen LogP contribution is 2.34. The second kappa shape index (κ2) is 8.51. The molecule has 176 valence electrons. The summed E-state index contributed by atoms with van der Waals surface area (Å²) in [6, 6.07) is 13.2. The van der Waals surface area contributed by atoms with Crippen molar-refractivity contribution in [2.24, 2.45) is 5.73 Å². The number of carbonyl (C=O) groups excluding carboxylic acids is 1. The van der Waals surface area contributed by atoms with Gasteiger partial charge in [0, 0.05) is 36.7 Å². The number of nitrogens with zero attached hydrogens (tertiary/aromatic N) is 1. The van der Waals surface area contributed by atoms with E-state index in [1.165, 1.54) is 0 Å². The Balaban J connectivity index is 1.49. The molecule has 0 saturated heterocycles. The zero-order chi connectivity index (χ0) is 23.9. The first kappa shape index (κ1) is 22.5. The number of amides is 1. The van der Waals surface area contributed by atoms with Gasteiger partial charge >= 0.3 is 0 Å². The van der Waals surface area contributed by atoms with E-state index in [1.807, 2.05) is 61.5 Å². The third kappa shape index (κ3) is 4.18. The van der Waals surface area contributed by atoms with Gasteiger partial charge in [0.15, 0.2) is 0 Å². The summed E-state index contributed by atoms with van der Waals surface area (Å²) in [5.41, 5.74) is 5.95. The van der Waals surface area contributed by atoms with Crippen LogP contribution < -0.4 is 26.4 Å². The van der Waals surface area contributed by atoms with Crippen LogP contribution in [0.1, 0.15) is 30.1 Å². The lowest BCUT2D eigenvalue weighted by Gasteiger charge is -2.34. The van der Waals surface area contributed by atoms with Crippen LogP contribution in [-0.2, 0) is 9.47 Å². The van der Waals surface area contributed by atoms with Gasteiger partial charge < -0.3 is 25.3 Å². The number of rotatable bonds is 7. The molecule has 2 aliphatic carbocycles. The van der Waals surface area contributed by atoms with Crippen molar-refractivity contribution < 1.29 is 19.0 Å². The van der Waals surface area contributed by atoms with Gasteiger partial charge in [-0.3, -0.25) is 9.78 Å². The average Bonchev–Trinajstić information content (AvgIpc) is 3.59. The van der Waals surface area contributed by atoms with Gasteiger partial charge in [-0.25, -0.2) is 0 Å². The molecule has 0 radical (unpaired) electrons. The maximum Gasteiger partial charge on any atom is 0.251 e. The molecule has 0 aliphatic heterocycles. The molecule has 7 heteroatoms. The van der Waals surface area contributed by atoms with Crippen LogP contribution >= 0.6 is 0 Å². The molecule has 34 heavy (non-hydrogen) atoms. The molecule has 1 fully saturated rings. The van der Waals surface area contributed by atoms with Crippen molar-refractivity contribution in [3.05, 3.63) is 64.8 Å². The minimum Gasteiger partial charge on any atom is -0.457 e. The molecular formula is C27H29N3O4. The Morgan fingerprint density at radius 2 is 2.06 bits per heavy atom. The summed E-state index contributed by atoms with van der Waals surface area (Å²) in [4.78, 5) is 16.7. The van der Waals surface area contributed by atoms with E-state index in [2.05, 4.69) is 10.3 Å². The highest BCUT2D eigenvalue weighted by Gasteiger charge is 2.42. The Morgan fingerprint density at radius 1 is 1.24 bits per heavy atom. The normalized spacial score (nSPS) is 22.3. The predicted octanol–water partition coefficient (Wildman–Crippen LogP) is 2.24. The number of nitrogens with one attached hydrogen (secondary N) is 1. The molecule has 3 N–H and O–H groups in total. The minimum atomic E-state index is -0.689. The highest BCUT2D eigenvalue weighted by molar-refractivity contribution is 6.07. The van der Waals surface area contributed by atoms with Gasteiger partial charge in [0.2, 0.25) is 0 Å². The summed E-state index contributed by atoms with van der Waals surface area (Å²) in [6.07, 6.45) is 7.37. The van der Waals surface area contributed by atoms with Crippen LogP contribution in [0.15, 0.2) is 48.7 Å². The molecule has 1 saturated carbocycles. The summed E-state index contributed by atoms with van der Waals surface area (Å²) >= 11 is 0. The SMILES string of the molecule is CNC(=O)c1cccc2cc(Oc3ccnc4c3=CC(C)(OC)C(OCC3(N)CC3)C=4)ccc12. The molecule has 0 spiro atoms. The largest absolute Gasteiger partial charge is 0.457 e. The number of benzene rings is 2. The van der Waals surface area contributed by atoms with Crippen molar-refractivity contribution in [2.75, 3.05) is 20.8 Å². The predicted molar refractivity (Wildman–Crippen MR) is 131 cm³/mol. The first-order valence-corrected chi connectivity index (χ1v) is 11.4. The molecule has 1 aromatic heterocycles. The zero-order valence-electron chi connectivity index (χ0n) is 19.6. The third-order valence-electron chi connectivity index (χ3n) is 6.72. The van der Waals surface area contributed by atoms with Gasteiger partial charge in [-0.15, -0.1) is 0 Å². The lowest BCUT2D eigenvalue weighted by atomic mass is 9.92. The molecule has 3 aromatic rings. The van der Waals surface area contributed by atoms with E-state index in [0.717, 1.165) is 34.2 Å². The Hall–Kier alpha value is -3.26. The number of methoxy groups -OCH3 is 1. The summed E-state index contributed by atoms with van der Waals surface area (Å²) in [6.45, 7) is 2.47. The van der Waals surface area contributed by atoms with Gasteiger partial charge in [0.1, 0.15) is 23.2 Å². The van der Waals surface area contributed by atoms with Crippen molar-refractivity contribution in [2.45, 2.75) is 37.0 Å². The van der Waals surface area contributed by atoms with Crippen LogP contribution in [0, 0.1) is 0 Å². The standard InChI is InChI=1S/C27H29N3O4/c1-26(32-3)15-21-22(14-24(26)33-16-27(28)10-11-27)30-12-9-23(21)34-18-7-8-19-17(13-18)5-4-6-20(19)25(31)29-2/h4-9,12-15,24H,10-11,16,28H2,1-3H3,(H,29,31). The second-order valence-corrected chi connectivity index (χ2v) is 9.27.